The van der Waals surface area contributed by atoms with Crippen LogP contribution in [0.1, 0.15) is 22.6 Å². The molecule has 6 rings (SSSR count). The summed E-state index contributed by atoms with van der Waals surface area (Å²) in [5.74, 6) is 0.427. The number of benzene rings is 3. The van der Waals surface area contributed by atoms with Crippen LogP contribution < -0.4 is 5.32 Å². The Labute approximate surface area is 218 Å². The Kier molecular flexibility index (Phi) is 6.13. The number of nitrogens with one attached hydrogen (secondary N) is 2. The lowest BCUT2D eigenvalue weighted by Gasteiger charge is -2.12. The Bertz CT molecular complexity index is 1760. The number of amides is 1. The van der Waals surface area contributed by atoms with Crippen molar-refractivity contribution in [2.24, 2.45) is 7.05 Å². The van der Waals surface area contributed by atoms with E-state index in [0.717, 1.165) is 40.7 Å². The molecule has 8 heteroatoms. The summed E-state index contributed by atoms with van der Waals surface area (Å²) in [6.07, 6.45) is 7.06. The maximum atomic E-state index is 13.7. The van der Waals surface area contributed by atoms with Gasteiger partial charge in [0, 0.05) is 66.2 Å². The third-order valence-electron chi connectivity index (χ3n) is 6.63. The number of fused-ring (bicyclic) bond motifs is 2. The van der Waals surface area contributed by atoms with E-state index in [2.05, 4.69) is 38.1 Å². The van der Waals surface area contributed by atoms with Gasteiger partial charge in [0.2, 0.25) is 0 Å². The van der Waals surface area contributed by atoms with Crippen LogP contribution in [0.25, 0.3) is 44.5 Å². The number of carbonyl (C=O) groups is 1. The quantitative estimate of drug-likeness (QED) is 0.274. The molecule has 0 saturated heterocycles. The van der Waals surface area contributed by atoms with Crippen molar-refractivity contribution in [2.45, 2.75) is 12.8 Å². The average molecular weight is 505 g/mol. The molecule has 7 nitrogen and oxygen atoms in total. The van der Waals surface area contributed by atoms with Gasteiger partial charge in [0.05, 0.1) is 22.4 Å². The number of hydrogen-bond acceptors (Lipinski definition) is 4. The second kappa shape index (κ2) is 9.89. The topological polar surface area (TPSA) is 88.5 Å². The van der Waals surface area contributed by atoms with Crippen LogP contribution in [0, 0.1) is 5.82 Å². The summed E-state index contributed by atoms with van der Waals surface area (Å²) in [7, 11) is 2.01. The average Bonchev–Trinajstić information content (AvgIpc) is 3.60. The van der Waals surface area contributed by atoms with E-state index < -0.39 is 0 Å². The van der Waals surface area contributed by atoms with Crippen molar-refractivity contribution in [3.63, 3.8) is 0 Å². The third-order valence-corrected chi connectivity index (χ3v) is 6.63. The summed E-state index contributed by atoms with van der Waals surface area (Å²) in [5.41, 5.74) is 5.88. The minimum Gasteiger partial charge on any atom is -0.352 e. The molecule has 2 N–H and O–H groups in total. The molecule has 0 aliphatic carbocycles. The van der Waals surface area contributed by atoms with Gasteiger partial charge in [0.25, 0.3) is 5.91 Å². The Morgan fingerprint density at radius 1 is 0.947 bits per heavy atom. The van der Waals surface area contributed by atoms with Crippen LogP contribution >= 0.6 is 0 Å². The minimum atomic E-state index is -0.311. The molecule has 188 valence electrons. The third kappa shape index (κ3) is 4.64. The number of aryl methyl sites for hydroxylation is 2. The monoisotopic (exact) mass is 504 g/mol. The van der Waals surface area contributed by atoms with E-state index in [-0.39, 0.29) is 11.7 Å². The van der Waals surface area contributed by atoms with E-state index in [1.807, 2.05) is 19.3 Å². The molecular weight excluding hydrogens is 479 g/mol. The van der Waals surface area contributed by atoms with Crippen molar-refractivity contribution in [3.05, 3.63) is 103 Å². The van der Waals surface area contributed by atoms with E-state index in [4.69, 9.17) is 9.97 Å². The normalized spacial score (nSPS) is 11.3. The fourth-order valence-electron chi connectivity index (χ4n) is 4.63. The zero-order valence-corrected chi connectivity index (χ0v) is 20.8. The molecule has 0 unspecified atom stereocenters. The van der Waals surface area contributed by atoms with Crippen molar-refractivity contribution in [1.29, 1.82) is 0 Å². The first-order chi connectivity index (χ1) is 18.5. The molecule has 0 spiro atoms. The first-order valence-electron chi connectivity index (χ1n) is 12.4. The highest BCUT2D eigenvalue weighted by Gasteiger charge is 2.16. The van der Waals surface area contributed by atoms with Crippen molar-refractivity contribution < 1.29 is 9.18 Å². The largest absolute Gasteiger partial charge is 0.352 e. The molecule has 3 aromatic carbocycles. The predicted octanol–water partition coefficient (Wildman–Crippen LogP) is 5.68. The molecule has 0 aliphatic heterocycles. The van der Waals surface area contributed by atoms with Crippen molar-refractivity contribution in [1.82, 2.24) is 29.8 Å². The fourth-order valence-corrected chi connectivity index (χ4v) is 4.63. The van der Waals surface area contributed by atoms with Crippen LogP contribution in [0.15, 0.2) is 85.3 Å². The van der Waals surface area contributed by atoms with Gasteiger partial charge in [0.15, 0.2) is 0 Å². The summed E-state index contributed by atoms with van der Waals surface area (Å²) in [4.78, 5) is 30.0. The van der Waals surface area contributed by atoms with Gasteiger partial charge < -0.3 is 14.9 Å². The van der Waals surface area contributed by atoms with E-state index in [0.29, 0.717) is 34.5 Å². The van der Waals surface area contributed by atoms with Crippen molar-refractivity contribution >= 4 is 27.8 Å². The number of aromatic amines is 1. The van der Waals surface area contributed by atoms with Gasteiger partial charge in [-0.15, -0.1) is 0 Å². The first kappa shape index (κ1) is 23.5. The van der Waals surface area contributed by atoms with Gasteiger partial charge >= 0.3 is 0 Å². The molecule has 0 bridgehead atoms. The molecule has 6 aromatic rings. The highest BCUT2D eigenvalue weighted by Crippen LogP contribution is 2.33. The Balaban J connectivity index is 1.35. The molecule has 3 heterocycles. The standard InChI is InChI=1S/C30H25FN6O/c1-37-16-12-20-17-21(7-11-26(20)37)29-28(19-4-8-23(31)9-5-19)35-24-10-6-22(18-25(24)36-29)30(38)34-13-2-3-27-32-14-15-33-27/h4-12,14-18H,2-3,13H2,1H3,(H,32,33)(H,34,38). The summed E-state index contributed by atoms with van der Waals surface area (Å²) < 4.78 is 15.7. The van der Waals surface area contributed by atoms with Crippen LogP contribution in [-0.2, 0) is 13.5 Å². The van der Waals surface area contributed by atoms with Crippen LogP contribution in [0.4, 0.5) is 4.39 Å². The number of aromatic nitrogens is 5. The highest BCUT2D eigenvalue weighted by molar-refractivity contribution is 5.98. The van der Waals surface area contributed by atoms with Crippen LogP contribution in [0.5, 0.6) is 0 Å². The second-order valence-electron chi connectivity index (χ2n) is 9.23. The maximum Gasteiger partial charge on any atom is 0.251 e. The van der Waals surface area contributed by atoms with Gasteiger partial charge in [-0.3, -0.25) is 4.79 Å². The van der Waals surface area contributed by atoms with Crippen molar-refractivity contribution in [2.75, 3.05) is 6.54 Å². The number of imidazole rings is 1. The lowest BCUT2D eigenvalue weighted by atomic mass is 10.0. The summed E-state index contributed by atoms with van der Waals surface area (Å²) in [6.45, 7) is 0.537. The van der Waals surface area contributed by atoms with Gasteiger partial charge in [0.1, 0.15) is 11.6 Å². The molecule has 0 saturated carbocycles. The molecule has 0 atom stereocenters. The van der Waals surface area contributed by atoms with E-state index in [9.17, 15) is 9.18 Å². The SMILES string of the molecule is Cn1ccc2cc(-c3nc4cc(C(=O)NCCCc5ncc[nH]5)ccc4nc3-c3ccc(F)cc3)ccc21. The fraction of sp³-hybridized carbons (Fsp3) is 0.133. The maximum absolute atomic E-state index is 13.7. The van der Waals surface area contributed by atoms with Crippen LogP contribution in [0.2, 0.25) is 0 Å². The van der Waals surface area contributed by atoms with Gasteiger partial charge in [-0.25, -0.2) is 19.3 Å². The summed E-state index contributed by atoms with van der Waals surface area (Å²) in [5, 5.41) is 4.05. The van der Waals surface area contributed by atoms with Crippen LogP contribution in [-0.4, -0.2) is 37.0 Å². The number of carbonyl (C=O) groups excluding carboxylic acids is 1. The predicted molar refractivity (Wildman–Crippen MR) is 146 cm³/mol. The minimum absolute atomic E-state index is 0.164. The molecule has 0 radical (unpaired) electrons. The number of nitrogens with zero attached hydrogens (tertiary/aromatic N) is 4. The molecule has 38 heavy (non-hydrogen) atoms. The molecule has 0 aliphatic rings. The van der Waals surface area contributed by atoms with Crippen molar-refractivity contribution in [3.8, 4) is 22.5 Å². The highest BCUT2D eigenvalue weighted by atomic mass is 19.1. The Morgan fingerprint density at radius 3 is 2.55 bits per heavy atom. The van der Waals surface area contributed by atoms with Crippen LogP contribution in [0.3, 0.4) is 0 Å². The molecule has 3 aromatic heterocycles. The van der Waals surface area contributed by atoms with Gasteiger partial charge in [-0.05, 0) is 67.1 Å². The van der Waals surface area contributed by atoms with Gasteiger partial charge in [-0.1, -0.05) is 6.07 Å². The summed E-state index contributed by atoms with van der Waals surface area (Å²) in [6, 6.07) is 19.8. The summed E-state index contributed by atoms with van der Waals surface area (Å²) >= 11 is 0. The Hall–Kier alpha value is -4.85. The molecule has 1 amide bonds. The number of hydrogen-bond donors (Lipinski definition) is 2. The smallest absolute Gasteiger partial charge is 0.251 e. The van der Waals surface area contributed by atoms with Gasteiger partial charge in [-0.2, -0.15) is 0 Å². The lowest BCUT2D eigenvalue weighted by molar-refractivity contribution is 0.0953. The number of rotatable bonds is 7. The molecule has 0 fully saturated rings. The first-order valence-corrected chi connectivity index (χ1v) is 12.4. The number of H-pyrrole nitrogens is 1. The molecular formula is C30H25FN6O. The lowest BCUT2D eigenvalue weighted by Crippen LogP contribution is -2.24. The zero-order chi connectivity index (χ0) is 26.1. The second-order valence-corrected chi connectivity index (χ2v) is 9.23. The van der Waals surface area contributed by atoms with E-state index in [1.165, 1.54) is 12.1 Å². The van der Waals surface area contributed by atoms with E-state index >= 15 is 0 Å². The zero-order valence-electron chi connectivity index (χ0n) is 20.8. The number of halogens is 1. The Morgan fingerprint density at radius 2 is 1.74 bits per heavy atom. The van der Waals surface area contributed by atoms with E-state index in [1.54, 1.807) is 42.7 Å².